The minimum atomic E-state index is -2.78. The predicted octanol–water partition coefficient (Wildman–Crippen LogP) is 5.79. The molecule has 3 N–H and O–H groups in total. The largest absolute Gasteiger partial charge is 0.378 e. The first kappa shape index (κ1) is 28.1. The van der Waals surface area contributed by atoms with Crippen LogP contribution in [-0.2, 0) is 4.74 Å². The van der Waals surface area contributed by atoms with Crippen LogP contribution in [0, 0.1) is 0 Å². The molecule has 10 nitrogen and oxygen atoms in total. The van der Waals surface area contributed by atoms with E-state index in [4.69, 9.17) is 26.3 Å². The standard InChI is InChI=1S/C29H31ClF2N8O2/c30-18-5-7-20(8-6-18)34-29(41)35-21-11-9-19(10-12-21)33-24-17-25(38-28(37-24)39-13-15-42-16-14-39)40-23-4-2-1-3-22(23)36-27(40)26(31)32/h1-8,17,19,21,26H,9-16H2,(H,33,37,38)(H2,34,35,41)/t19-,21-. The summed E-state index contributed by atoms with van der Waals surface area (Å²) >= 11 is 5.92. The van der Waals surface area contributed by atoms with Gasteiger partial charge in [0, 0.05) is 41.9 Å². The number of ether oxygens (including phenoxy) is 1. The molecule has 0 spiro atoms. The van der Waals surface area contributed by atoms with Crippen LogP contribution >= 0.6 is 11.6 Å². The Morgan fingerprint density at radius 3 is 2.40 bits per heavy atom. The van der Waals surface area contributed by atoms with Crippen LogP contribution in [0.25, 0.3) is 16.9 Å². The Morgan fingerprint density at radius 2 is 1.67 bits per heavy atom. The highest BCUT2D eigenvalue weighted by atomic mass is 35.5. The molecule has 2 fully saturated rings. The highest BCUT2D eigenvalue weighted by molar-refractivity contribution is 6.30. The molecule has 2 aliphatic rings. The monoisotopic (exact) mass is 596 g/mol. The number of imidazole rings is 1. The van der Waals surface area contributed by atoms with E-state index < -0.39 is 6.43 Å². The highest BCUT2D eigenvalue weighted by Gasteiger charge is 2.26. The second kappa shape index (κ2) is 12.5. The second-order valence-electron chi connectivity index (χ2n) is 10.4. The number of halogens is 3. The molecule has 1 saturated carbocycles. The van der Waals surface area contributed by atoms with Crippen LogP contribution in [0.1, 0.15) is 37.9 Å². The maximum absolute atomic E-state index is 14.1. The summed E-state index contributed by atoms with van der Waals surface area (Å²) < 4.78 is 35.2. The minimum absolute atomic E-state index is 0.0335. The SMILES string of the molecule is O=C(Nc1ccc(Cl)cc1)N[C@H]1CC[C@H](Nc2cc(-n3c(C(F)F)nc4ccccc43)nc(N3CCOCC3)n2)CC1. The average Bonchev–Trinajstić information content (AvgIpc) is 3.40. The van der Waals surface area contributed by atoms with E-state index in [-0.39, 0.29) is 23.9 Å². The zero-order chi connectivity index (χ0) is 29.1. The fourth-order valence-corrected chi connectivity index (χ4v) is 5.55. The molecule has 13 heteroatoms. The molecule has 6 rings (SSSR count). The Labute approximate surface area is 246 Å². The lowest BCUT2D eigenvalue weighted by atomic mass is 9.91. The van der Waals surface area contributed by atoms with Gasteiger partial charge in [-0.05, 0) is 62.1 Å². The zero-order valence-corrected chi connectivity index (χ0v) is 23.5. The number of anilines is 3. The van der Waals surface area contributed by atoms with Crippen LogP contribution in [0.5, 0.6) is 0 Å². The lowest BCUT2D eigenvalue weighted by Crippen LogP contribution is -2.42. The summed E-state index contributed by atoms with van der Waals surface area (Å²) in [6.07, 6.45) is 0.377. The van der Waals surface area contributed by atoms with Gasteiger partial charge in [0.05, 0.1) is 24.2 Å². The van der Waals surface area contributed by atoms with Crippen molar-refractivity contribution in [3.05, 3.63) is 65.4 Å². The van der Waals surface area contributed by atoms with Crippen LogP contribution in [-0.4, -0.2) is 63.9 Å². The summed E-state index contributed by atoms with van der Waals surface area (Å²) in [7, 11) is 0. The van der Waals surface area contributed by atoms with Gasteiger partial charge in [0.15, 0.2) is 5.82 Å². The van der Waals surface area contributed by atoms with Crippen molar-refractivity contribution in [2.24, 2.45) is 0 Å². The van der Waals surface area contributed by atoms with Gasteiger partial charge < -0.3 is 25.6 Å². The van der Waals surface area contributed by atoms with Crippen molar-refractivity contribution in [3.63, 3.8) is 0 Å². The third kappa shape index (κ3) is 6.39. The van der Waals surface area contributed by atoms with Crippen LogP contribution in [0.4, 0.5) is 31.0 Å². The number of para-hydroxylation sites is 2. The molecular weight excluding hydrogens is 566 g/mol. The smallest absolute Gasteiger partial charge is 0.319 e. The molecule has 2 amide bonds. The van der Waals surface area contributed by atoms with E-state index in [1.807, 2.05) is 4.90 Å². The third-order valence-electron chi connectivity index (χ3n) is 7.52. The van der Waals surface area contributed by atoms with Crippen molar-refractivity contribution < 1.29 is 18.3 Å². The van der Waals surface area contributed by atoms with Crippen LogP contribution < -0.4 is 20.9 Å². The van der Waals surface area contributed by atoms with E-state index in [1.165, 1.54) is 4.57 Å². The van der Waals surface area contributed by atoms with Gasteiger partial charge in [0.25, 0.3) is 6.43 Å². The number of carbonyl (C=O) groups excluding carboxylic acids is 1. The molecular formula is C29H31ClF2N8O2. The summed E-state index contributed by atoms with van der Waals surface area (Å²) in [4.78, 5) is 28.2. The molecule has 0 radical (unpaired) electrons. The van der Waals surface area contributed by atoms with E-state index in [1.54, 1.807) is 54.6 Å². The number of nitrogens with zero attached hydrogens (tertiary/aromatic N) is 5. The number of rotatable bonds is 7. The molecule has 2 aromatic carbocycles. The fraction of sp³-hybridized carbons (Fsp3) is 0.379. The summed E-state index contributed by atoms with van der Waals surface area (Å²) in [6.45, 7) is 2.28. The number of alkyl halides is 2. The Kier molecular flexibility index (Phi) is 8.34. The van der Waals surface area contributed by atoms with Gasteiger partial charge in [0.2, 0.25) is 5.95 Å². The number of hydrogen-bond donors (Lipinski definition) is 3. The topological polar surface area (TPSA) is 109 Å². The van der Waals surface area contributed by atoms with Crippen LogP contribution in [0.2, 0.25) is 5.02 Å². The molecule has 1 saturated heterocycles. The highest BCUT2D eigenvalue weighted by Crippen LogP contribution is 2.30. The van der Waals surface area contributed by atoms with E-state index in [2.05, 4.69) is 20.9 Å². The summed E-state index contributed by atoms with van der Waals surface area (Å²) in [5.41, 5.74) is 1.69. The van der Waals surface area contributed by atoms with Crippen molar-refractivity contribution in [2.45, 2.75) is 44.2 Å². The Morgan fingerprint density at radius 1 is 0.952 bits per heavy atom. The van der Waals surface area contributed by atoms with Crippen molar-refractivity contribution in [1.82, 2.24) is 24.8 Å². The van der Waals surface area contributed by atoms with Crippen molar-refractivity contribution in [3.8, 4) is 5.82 Å². The molecule has 1 aliphatic carbocycles. The molecule has 4 aromatic rings. The molecule has 3 heterocycles. The summed E-state index contributed by atoms with van der Waals surface area (Å²) in [5, 5.41) is 9.99. The number of amides is 2. The van der Waals surface area contributed by atoms with Gasteiger partial charge in [-0.15, -0.1) is 0 Å². The zero-order valence-electron chi connectivity index (χ0n) is 22.8. The number of morpholine rings is 1. The van der Waals surface area contributed by atoms with Crippen LogP contribution in [0.15, 0.2) is 54.6 Å². The first-order valence-electron chi connectivity index (χ1n) is 14.0. The summed E-state index contributed by atoms with van der Waals surface area (Å²) in [6, 6.07) is 15.6. The third-order valence-corrected chi connectivity index (χ3v) is 7.77. The molecule has 0 unspecified atom stereocenters. The first-order valence-corrected chi connectivity index (χ1v) is 14.4. The molecule has 220 valence electrons. The molecule has 42 heavy (non-hydrogen) atoms. The van der Waals surface area contributed by atoms with Gasteiger partial charge in [-0.1, -0.05) is 23.7 Å². The minimum Gasteiger partial charge on any atom is -0.378 e. The molecule has 0 bridgehead atoms. The van der Waals surface area contributed by atoms with Crippen LogP contribution in [0.3, 0.4) is 0 Å². The van der Waals surface area contributed by atoms with Crippen molar-refractivity contribution >= 4 is 46.1 Å². The predicted molar refractivity (Wildman–Crippen MR) is 158 cm³/mol. The number of fused-ring (bicyclic) bond motifs is 1. The first-order chi connectivity index (χ1) is 20.4. The quantitative estimate of drug-likeness (QED) is 0.248. The lowest BCUT2D eigenvalue weighted by molar-refractivity contribution is 0.122. The maximum Gasteiger partial charge on any atom is 0.319 e. The average molecular weight is 597 g/mol. The number of hydrogen-bond acceptors (Lipinski definition) is 7. The normalized spacial score (nSPS) is 19.2. The molecule has 0 atom stereocenters. The number of carbonyl (C=O) groups is 1. The van der Waals surface area contributed by atoms with Gasteiger partial charge in [0.1, 0.15) is 11.6 Å². The van der Waals surface area contributed by atoms with E-state index in [0.717, 1.165) is 25.7 Å². The molecule has 1 aliphatic heterocycles. The summed E-state index contributed by atoms with van der Waals surface area (Å²) in [5.74, 6) is 0.964. The maximum atomic E-state index is 14.1. The Hall–Kier alpha value is -4.03. The number of urea groups is 1. The number of aromatic nitrogens is 4. The second-order valence-corrected chi connectivity index (χ2v) is 10.8. The van der Waals surface area contributed by atoms with Gasteiger partial charge in [-0.25, -0.2) is 18.6 Å². The van der Waals surface area contributed by atoms with Crippen molar-refractivity contribution in [1.29, 1.82) is 0 Å². The Balaban J connectivity index is 1.19. The van der Waals surface area contributed by atoms with E-state index in [0.29, 0.717) is 65.6 Å². The van der Waals surface area contributed by atoms with Crippen molar-refractivity contribution in [2.75, 3.05) is 41.8 Å². The number of nitrogens with one attached hydrogen (secondary N) is 3. The van der Waals surface area contributed by atoms with Gasteiger partial charge in [-0.3, -0.25) is 4.57 Å². The van der Waals surface area contributed by atoms with Gasteiger partial charge >= 0.3 is 6.03 Å². The number of benzene rings is 2. The lowest BCUT2D eigenvalue weighted by Gasteiger charge is -2.31. The van der Waals surface area contributed by atoms with Gasteiger partial charge in [-0.2, -0.15) is 9.97 Å². The Bertz CT molecular complexity index is 1540. The molecule has 2 aromatic heterocycles. The van der Waals surface area contributed by atoms with E-state index in [9.17, 15) is 13.6 Å². The van der Waals surface area contributed by atoms with E-state index >= 15 is 0 Å². The fourth-order valence-electron chi connectivity index (χ4n) is 5.42.